The number of nitrogens with two attached hydrogens (primary N) is 1. The van der Waals surface area contributed by atoms with Crippen LogP contribution in [0.5, 0.6) is 0 Å². The smallest absolute Gasteiger partial charge is 0.227 e. The van der Waals surface area contributed by atoms with Gasteiger partial charge in [-0.15, -0.1) is 0 Å². The lowest BCUT2D eigenvalue weighted by molar-refractivity contribution is -0.125. The van der Waals surface area contributed by atoms with E-state index in [0.717, 1.165) is 0 Å². The Morgan fingerprint density at radius 2 is 2.50 bits per heavy atom. The number of nitrogens with zero attached hydrogens (tertiary/aromatic N) is 1. The van der Waals surface area contributed by atoms with Gasteiger partial charge in [0.15, 0.2) is 0 Å². The van der Waals surface area contributed by atoms with Crippen molar-refractivity contribution in [2.24, 2.45) is 11.7 Å². The molecule has 14 heavy (non-hydrogen) atoms. The highest BCUT2D eigenvalue weighted by molar-refractivity contribution is 5.80. The zero-order chi connectivity index (χ0) is 10.6. The van der Waals surface area contributed by atoms with Gasteiger partial charge in [-0.25, -0.2) is 0 Å². The minimum absolute atomic E-state index is 0.113. The molecule has 0 bridgehead atoms. The van der Waals surface area contributed by atoms with Gasteiger partial charge in [-0.1, -0.05) is 0 Å². The average Bonchev–Trinajstić information content (AvgIpc) is 2.51. The van der Waals surface area contributed by atoms with Crippen LogP contribution in [-0.4, -0.2) is 31.2 Å². The molecule has 1 rings (SSSR count). The van der Waals surface area contributed by atoms with Crippen LogP contribution in [0, 0.1) is 17.2 Å². The predicted molar refractivity (Wildman–Crippen MR) is 50.1 cm³/mol. The van der Waals surface area contributed by atoms with E-state index in [9.17, 15) is 4.79 Å². The molecule has 0 aliphatic carbocycles. The first kappa shape index (κ1) is 11.0. The van der Waals surface area contributed by atoms with Crippen molar-refractivity contribution in [2.75, 3.05) is 13.2 Å². The van der Waals surface area contributed by atoms with Crippen LogP contribution < -0.4 is 11.1 Å². The van der Waals surface area contributed by atoms with Crippen molar-refractivity contribution < 1.29 is 9.53 Å². The van der Waals surface area contributed by atoms with E-state index < -0.39 is 0 Å². The van der Waals surface area contributed by atoms with Crippen LogP contribution in [0.15, 0.2) is 0 Å². The lowest BCUT2D eigenvalue weighted by atomic mass is 10.0. The van der Waals surface area contributed by atoms with Crippen molar-refractivity contribution in [3.8, 4) is 6.07 Å². The molecule has 0 aromatic heterocycles. The third-order valence-electron chi connectivity index (χ3n) is 2.25. The quantitative estimate of drug-likeness (QED) is 0.631. The summed E-state index contributed by atoms with van der Waals surface area (Å²) in [5.74, 6) is -0.381. The van der Waals surface area contributed by atoms with E-state index in [1.54, 1.807) is 6.92 Å². The number of carbonyl (C=O) groups is 1. The van der Waals surface area contributed by atoms with Crippen LogP contribution in [0.4, 0.5) is 0 Å². The molecule has 0 radical (unpaired) electrons. The molecule has 3 unspecified atom stereocenters. The Bertz CT molecular complexity index is 249. The molecule has 1 aliphatic heterocycles. The molecule has 1 heterocycles. The average molecular weight is 197 g/mol. The van der Waals surface area contributed by atoms with Gasteiger partial charge in [-0.3, -0.25) is 4.79 Å². The van der Waals surface area contributed by atoms with E-state index in [1.807, 2.05) is 6.07 Å². The molecule has 5 heteroatoms. The molecular formula is C9H15N3O2. The summed E-state index contributed by atoms with van der Waals surface area (Å²) in [5.41, 5.74) is 5.68. The molecule has 3 atom stereocenters. The van der Waals surface area contributed by atoms with Gasteiger partial charge < -0.3 is 15.8 Å². The number of carbonyl (C=O) groups excluding carboxylic acids is 1. The van der Waals surface area contributed by atoms with Crippen LogP contribution in [0.2, 0.25) is 0 Å². The van der Waals surface area contributed by atoms with E-state index >= 15 is 0 Å². The summed E-state index contributed by atoms with van der Waals surface area (Å²) in [4.78, 5) is 11.6. The van der Waals surface area contributed by atoms with Gasteiger partial charge >= 0.3 is 0 Å². The van der Waals surface area contributed by atoms with Crippen LogP contribution in [0.3, 0.4) is 0 Å². The molecule has 5 nitrogen and oxygen atoms in total. The van der Waals surface area contributed by atoms with Gasteiger partial charge in [-0.2, -0.15) is 5.26 Å². The normalized spacial score (nSPS) is 28.1. The molecule has 0 spiro atoms. The SMILES string of the molecule is CC(CC#N)NC(=O)C1COCC1N. The minimum atomic E-state index is -0.267. The summed E-state index contributed by atoms with van der Waals surface area (Å²) in [5, 5.41) is 11.1. The molecule has 0 saturated carbocycles. The highest BCUT2D eigenvalue weighted by Gasteiger charge is 2.31. The summed E-state index contributed by atoms with van der Waals surface area (Å²) in [6.07, 6.45) is 0.314. The maximum Gasteiger partial charge on any atom is 0.227 e. The number of hydrogen-bond acceptors (Lipinski definition) is 4. The molecule has 1 saturated heterocycles. The van der Waals surface area contributed by atoms with E-state index in [-0.39, 0.29) is 23.9 Å². The maximum absolute atomic E-state index is 11.6. The number of ether oxygens (including phenoxy) is 1. The largest absolute Gasteiger partial charge is 0.379 e. The first-order valence-electron chi connectivity index (χ1n) is 4.65. The van der Waals surface area contributed by atoms with E-state index in [1.165, 1.54) is 0 Å². The van der Waals surface area contributed by atoms with Crippen molar-refractivity contribution in [3.05, 3.63) is 0 Å². The van der Waals surface area contributed by atoms with Gasteiger partial charge in [0.1, 0.15) is 0 Å². The Morgan fingerprint density at radius 3 is 3.00 bits per heavy atom. The van der Waals surface area contributed by atoms with Crippen LogP contribution >= 0.6 is 0 Å². The number of hydrogen-bond donors (Lipinski definition) is 2. The Hall–Kier alpha value is -1.12. The fourth-order valence-corrected chi connectivity index (χ4v) is 1.38. The number of nitriles is 1. The van der Waals surface area contributed by atoms with E-state index in [0.29, 0.717) is 19.6 Å². The van der Waals surface area contributed by atoms with Gasteiger partial charge in [0.2, 0.25) is 5.91 Å². The Balaban J connectivity index is 2.38. The standard InChI is InChI=1S/C9H15N3O2/c1-6(2-3-10)12-9(13)7-4-14-5-8(7)11/h6-8H,2,4-5,11H2,1H3,(H,12,13). The maximum atomic E-state index is 11.6. The first-order chi connectivity index (χ1) is 6.65. The van der Waals surface area contributed by atoms with Crippen molar-refractivity contribution in [2.45, 2.75) is 25.4 Å². The molecule has 0 aromatic carbocycles. The Labute approximate surface area is 83.2 Å². The molecular weight excluding hydrogens is 182 g/mol. The van der Waals surface area contributed by atoms with Gasteiger partial charge in [-0.05, 0) is 6.92 Å². The van der Waals surface area contributed by atoms with Gasteiger partial charge in [0.25, 0.3) is 0 Å². The molecule has 1 amide bonds. The van der Waals surface area contributed by atoms with Crippen molar-refractivity contribution in [3.63, 3.8) is 0 Å². The summed E-state index contributed by atoms with van der Waals surface area (Å²) in [6, 6.07) is 1.65. The second-order valence-electron chi connectivity index (χ2n) is 3.58. The highest BCUT2D eigenvalue weighted by Crippen LogP contribution is 2.11. The molecule has 0 aromatic rings. The summed E-state index contributed by atoms with van der Waals surface area (Å²) in [7, 11) is 0. The van der Waals surface area contributed by atoms with Crippen molar-refractivity contribution in [1.29, 1.82) is 5.26 Å². The number of rotatable bonds is 3. The monoisotopic (exact) mass is 197 g/mol. The molecule has 3 N–H and O–H groups in total. The van der Waals surface area contributed by atoms with E-state index in [4.69, 9.17) is 15.7 Å². The molecule has 1 aliphatic rings. The topological polar surface area (TPSA) is 88.1 Å². The lowest BCUT2D eigenvalue weighted by Crippen LogP contribution is -2.44. The zero-order valence-corrected chi connectivity index (χ0v) is 8.19. The summed E-state index contributed by atoms with van der Waals surface area (Å²) < 4.78 is 5.08. The Morgan fingerprint density at radius 1 is 1.79 bits per heavy atom. The van der Waals surface area contributed by atoms with Crippen LogP contribution in [-0.2, 0) is 9.53 Å². The minimum Gasteiger partial charge on any atom is -0.379 e. The lowest BCUT2D eigenvalue weighted by Gasteiger charge is -2.16. The third kappa shape index (κ3) is 2.69. The fraction of sp³-hybridized carbons (Fsp3) is 0.778. The molecule has 1 fully saturated rings. The first-order valence-corrected chi connectivity index (χ1v) is 4.65. The summed E-state index contributed by atoms with van der Waals surface area (Å²) >= 11 is 0. The Kier molecular flexibility index (Phi) is 3.86. The zero-order valence-electron chi connectivity index (χ0n) is 8.19. The number of amides is 1. The summed E-state index contributed by atoms with van der Waals surface area (Å²) in [6.45, 7) is 2.61. The van der Waals surface area contributed by atoms with Crippen LogP contribution in [0.1, 0.15) is 13.3 Å². The molecule has 78 valence electrons. The van der Waals surface area contributed by atoms with Gasteiger partial charge in [0.05, 0.1) is 31.6 Å². The van der Waals surface area contributed by atoms with Gasteiger partial charge in [0, 0.05) is 12.1 Å². The highest BCUT2D eigenvalue weighted by atomic mass is 16.5. The number of nitrogens with one attached hydrogen (secondary N) is 1. The predicted octanol–water partition coefficient (Wildman–Crippen LogP) is -0.622. The van der Waals surface area contributed by atoms with E-state index in [2.05, 4.69) is 5.32 Å². The van der Waals surface area contributed by atoms with Crippen molar-refractivity contribution >= 4 is 5.91 Å². The third-order valence-corrected chi connectivity index (χ3v) is 2.25. The van der Waals surface area contributed by atoms with Crippen molar-refractivity contribution in [1.82, 2.24) is 5.32 Å². The second-order valence-corrected chi connectivity index (χ2v) is 3.58. The van der Waals surface area contributed by atoms with Crippen LogP contribution in [0.25, 0.3) is 0 Å². The fourth-order valence-electron chi connectivity index (χ4n) is 1.38. The second kappa shape index (κ2) is 4.94.